The minimum Gasteiger partial charge on any atom is -0.497 e. The van der Waals surface area contributed by atoms with Crippen LogP contribution in [0.4, 0.5) is 0 Å². The zero-order valence-electron chi connectivity index (χ0n) is 15.4. The third-order valence-electron chi connectivity index (χ3n) is 3.92. The number of ether oxygens (including phenoxy) is 1. The van der Waals surface area contributed by atoms with Crippen LogP contribution in [-0.4, -0.2) is 27.7 Å². The van der Waals surface area contributed by atoms with Gasteiger partial charge in [-0.1, -0.05) is 48.2 Å². The molecule has 3 aromatic rings. The van der Waals surface area contributed by atoms with E-state index in [1.165, 1.54) is 11.8 Å². The highest BCUT2D eigenvalue weighted by atomic mass is 32.2. The Kier molecular flexibility index (Phi) is 6.06. The minimum absolute atomic E-state index is 0.317. The van der Waals surface area contributed by atoms with Crippen molar-refractivity contribution in [3.63, 3.8) is 0 Å². The molecule has 0 fully saturated rings. The normalized spacial score (nSPS) is 11.1. The number of sulfonamides is 1. The van der Waals surface area contributed by atoms with E-state index in [4.69, 9.17) is 4.74 Å². The molecule has 5 nitrogen and oxygen atoms in total. The van der Waals surface area contributed by atoms with Crippen molar-refractivity contribution >= 4 is 27.7 Å². The van der Waals surface area contributed by atoms with Crippen LogP contribution in [0.1, 0.15) is 10.4 Å². The highest BCUT2D eigenvalue weighted by molar-refractivity contribution is 7.99. The van der Waals surface area contributed by atoms with E-state index >= 15 is 0 Å². The largest absolute Gasteiger partial charge is 0.497 e. The molecule has 0 aliphatic carbocycles. The smallest absolute Gasteiger partial charge is 0.265 e. The van der Waals surface area contributed by atoms with E-state index in [1.807, 2.05) is 59.3 Å². The standard InChI is InChI=1S/C21H19NO4S2/c1-26-17-11-7-15(8-12-17)16-9-13-18(14-10-16)27-20-6-4-3-5-19(20)21(23)22-28(2,24)25/h3-14H,1-2H3,(H,22,23). The summed E-state index contributed by atoms with van der Waals surface area (Å²) in [4.78, 5) is 13.9. The highest BCUT2D eigenvalue weighted by Gasteiger charge is 2.15. The molecule has 144 valence electrons. The molecule has 0 saturated heterocycles. The fourth-order valence-corrected chi connectivity index (χ4v) is 3.98. The number of nitrogens with one attached hydrogen (secondary N) is 1. The van der Waals surface area contributed by atoms with Crippen LogP contribution in [0.25, 0.3) is 11.1 Å². The first-order valence-corrected chi connectivity index (χ1v) is 11.1. The third kappa shape index (κ3) is 5.15. The predicted octanol–water partition coefficient (Wildman–Crippen LogP) is 4.20. The van der Waals surface area contributed by atoms with Gasteiger partial charge in [0.25, 0.3) is 5.91 Å². The Balaban J connectivity index is 1.80. The quantitative estimate of drug-likeness (QED) is 0.656. The molecular weight excluding hydrogens is 394 g/mol. The number of rotatable bonds is 6. The molecule has 0 aliphatic heterocycles. The second kappa shape index (κ2) is 8.50. The van der Waals surface area contributed by atoms with E-state index < -0.39 is 15.9 Å². The molecular formula is C21H19NO4S2. The summed E-state index contributed by atoms with van der Waals surface area (Å²) in [7, 11) is -1.99. The first-order valence-electron chi connectivity index (χ1n) is 8.39. The van der Waals surface area contributed by atoms with Crippen LogP contribution >= 0.6 is 11.8 Å². The molecule has 0 unspecified atom stereocenters. The lowest BCUT2D eigenvalue weighted by Crippen LogP contribution is -2.29. The van der Waals surface area contributed by atoms with Gasteiger partial charge in [0.1, 0.15) is 5.75 Å². The molecule has 0 spiro atoms. The molecule has 0 saturated carbocycles. The molecule has 3 rings (SSSR count). The molecule has 0 radical (unpaired) electrons. The van der Waals surface area contributed by atoms with Crippen molar-refractivity contribution < 1.29 is 17.9 Å². The average molecular weight is 414 g/mol. The van der Waals surface area contributed by atoms with Crippen molar-refractivity contribution in [2.45, 2.75) is 9.79 Å². The molecule has 7 heteroatoms. The summed E-state index contributed by atoms with van der Waals surface area (Å²) in [5, 5.41) is 0. The zero-order valence-corrected chi connectivity index (χ0v) is 17.0. The summed E-state index contributed by atoms with van der Waals surface area (Å²) in [6, 6.07) is 22.7. The molecule has 0 atom stereocenters. The van der Waals surface area contributed by atoms with Crippen molar-refractivity contribution in [3.05, 3.63) is 78.4 Å². The molecule has 28 heavy (non-hydrogen) atoms. The van der Waals surface area contributed by atoms with Gasteiger partial charge in [-0.15, -0.1) is 0 Å². The number of carbonyl (C=O) groups excluding carboxylic acids is 1. The van der Waals surface area contributed by atoms with Crippen LogP contribution in [0.15, 0.2) is 82.6 Å². The Bertz CT molecular complexity index is 1080. The first kappa shape index (κ1) is 20.0. The zero-order chi connectivity index (χ0) is 20.1. The highest BCUT2D eigenvalue weighted by Crippen LogP contribution is 2.32. The lowest BCUT2D eigenvalue weighted by atomic mass is 10.1. The van der Waals surface area contributed by atoms with E-state index in [0.717, 1.165) is 28.0 Å². The van der Waals surface area contributed by atoms with Crippen molar-refractivity contribution in [1.82, 2.24) is 4.72 Å². The molecule has 0 bridgehead atoms. The Morgan fingerprint density at radius 1 is 0.893 bits per heavy atom. The van der Waals surface area contributed by atoms with Gasteiger partial charge < -0.3 is 4.74 Å². The maximum Gasteiger partial charge on any atom is 0.265 e. The number of hydrogen-bond donors (Lipinski definition) is 1. The minimum atomic E-state index is -3.62. The Labute approximate surface area is 168 Å². The van der Waals surface area contributed by atoms with Gasteiger partial charge in [-0.25, -0.2) is 13.1 Å². The number of methoxy groups -OCH3 is 1. The maximum atomic E-state index is 12.2. The average Bonchev–Trinajstić information content (AvgIpc) is 2.68. The fourth-order valence-electron chi connectivity index (χ4n) is 2.59. The van der Waals surface area contributed by atoms with Crippen LogP contribution in [0.3, 0.4) is 0 Å². The Morgan fingerprint density at radius 3 is 2.04 bits per heavy atom. The molecule has 1 N–H and O–H groups in total. The lowest BCUT2D eigenvalue weighted by Gasteiger charge is -2.10. The van der Waals surface area contributed by atoms with Gasteiger partial charge in [-0.3, -0.25) is 4.79 Å². The monoisotopic (exact) mass is 413 g/mol. The second-order valence-electron chi connectivity index (χ2n) is 6.05. The topological polar surface area (TPSA) is 72.5 Å². The van der Waals surface area contributed by atoms with Crippen LogP contribution in [0.2, 0.25) is 0 Å². The van der Waals surface area contributed by atoms with Gasteiger partial charge in [0, 0.05) is 9.79 Å². The van der Waals surface area contributed by atoms with Gasteiger partial charge in [0.15, 0.2) is 0 Å². The van der Waals surface area contributed by atoms with Gasteiger partial charge in [-0.2, -0.15) is 0 Å². The van der Waals surface area contributed by atoms with Gasteiger partial charge in [0.2, 0.25) is 10.0 Å². The molecule has 0 aliphatic rings. The van der Waals surface area contributed by atoms with Crippen LogP contribution in [0.5, 0.6) is 5.75 Å². The van der Waals surface area contributed by atoms with Crippen molar-refractivity contribution in [1.29, 1.82) is 0 Å². The van der Waals surface area contributed by atoms with Crippen molar-refractivity contribution in [2.24, 2.45) is 0 Å². The van der Waals surface area contributed by atoms with E-state index in [2.05, 4.69) is 0 Å². The Hall–Kier alpha value is -2.77. The summed E-state index contributed by atoms with van der Waals surface area (Å²) in [5.41, 5.74) is 2.46. The Morgan fingerprint density at radius 2 is 1.46 bits per heavy atom. The van der Waals surface area contributed by atoms with Crippen molar-refractivity contribution in [3.8, 4) is 16.9 Å². The maximum absolute atomic E-state index is 12.2. The SMILES string of the molecule is COc1ccc(-c2ccc(Sc3ccccc3C(=O)NS(C)(=O)=O)cc2)cc1. The van der Waals surface area contributed by atoms with E-state index in [9.17, 15) is 13.2 Å². The van der Waals surface area contributed by atoms with Crippen molar-refractivity contribution in [2.75, 3.05) is 13.4 Å². The number of benzene rings is 3. The molecule has 1 amide bonds. The fraction of sp³-hybridized carbons (Fsp3) is 0.0952. The number of hydrogen-bond acceptors (Lipinski definition) is 5. The first-order chi connectivity index (χ1) is 13.4. The molecule has 0 aromatic heterocycles. The summed E-state index contributed by atoms with van der Waals surface area (Å²) in [5.74, 6) is 0.167. The third-order valence-corrected chi connectivity index (χ3v) is 5.56. The predicted molar refractivity (Wildman–Crippen MR) is 111 cm³/mol. The van der Waals surface area contributed by atoms with Crippen LogP contribution in [-0.2, 0) is 10.0 Å². The van der Waals surface area contributed by atoms with Gasteiger partial charge in [0.05, 0.1) is 18.9 Å². The van der Waals surface area contributed by atoms with Gasteiger partial charge in [-0.05, 0) is 47.5 Å². The van der Waals surface area contributed by atoms with Gasteiger partial charge >= 0.3 is 0 Å². The summed E-state index contributed by atoms with van der Waals surface area (Å²) in [6.07, 6.45) is 0.957. The summed E-state index contributed by atoms with van der Waals surface area (Å²) in [6.45, 7) is 0. The summed E-state index contributed by atoms with van der Waals surface area (Å²) < 4.78 is 29.9. The van der Waals surface area contributed by atoms with Crippen LogP contribution < -0.4 is 9.46 Å². The number of carbonyl (C=O) groups is 1. The molecule has 0 heterocycles. The van der Waals surface area contributed by atoms with E-state index in [0.29, 0.717) is 10.5 Å². The number of amides is 1. The summed E-state index contributed by atoms with van der Waals surface area (Å²) >= 11 is 1.40. The second-order valence-corrected chi connectivity index (χ2v) is 8.92. The van der Waals surface area contributed by atoms with E-state index in [-0.39, 0.29) is 0 Å². The van der Waals surface area contributed by atoms with Crippen LogP contribution in [0, 0.1) is 0 Å². The molecule has 3 aromatic carbocycles. The lowest BCUT2D eigenvalue weighted by molar-refractivity contribution is 0.0979. The van der Waals surface area contributed by atoms with E-state index in [1.54, 1.807) is 25.3 Å².